The zero-order chi connectivity index (χ0) is 24.8. The maximum absolute atomic E-state index is 13.5. The average Bonchev–Trinajstić information content (AvgIpc) is 2.87. The average molecular weight is 470 g/mol. The lowest BCUT2D eigenvalue weighted by Crippen LogP contribution is -2.40. The van der Waals surface area contributed by atoms with E-state index in [2.05, 4.69) is 9.97 Å². The van der Waals surface area contributed by atoms with Crippen LogP contribution in [0.5, 0.6) is 0 Å². The Labute approximate surface area is 202 Å². The number of carbonyl (C=O) groups excluding carboxylic acids is 1. The Hall–Kier alpha value is -4.46. The van der Waals surface area contributed by atoms with Crippen LogP contribution >= 0.6 is 0 Å². The predicted molar refractivity (Wildman–Crippen MR) is 139 cm³/mol. The second-order valence-electron chi connectivity index (χ2n) is 8.16. The Bertz CT molecular complexity index is 1480. The number of fused-ring (bicyclic) bond motifs is 1. The number of amides is 1. The number of carbonyl (C=O) groups is 1. The zero-order valence-electron chi connectivity index (χ0n) is 19.5. The number of aromatic nitrogens is 3. The Kier molecular flexibility index (Phi) is 7.21. The van der Waals surface area contributed by atoms with Crippen molar-refractivity contribution in [3.8, 4) is 0 Å². The maximum atomic E-state index is 13.5. The van der Waals surface area contributed by atoms with E-state index in [4.69, 9.17) is 5.73 Å². The number of hydrogen-bond donors (Lipinski definition) is 2. The highest BCUT2D eigenvalue weighted by atomic mass is 16.2. The molecule has 8 heteroatoms. The first-order valence-corrected chi connectivity index (χ1v) is 11.5. The van der Waals surface area contributed by atoms with E-state index in [1.165, 1.54) is 15.5 Å². The molecule has 0 bridgehead atoms. The van der Waals surface area contributed by atoms with Gasteiger partial charge in [-0.05, 0) is 24.1 Å². The number of hydrogen-bond acceptors (Lipinski definition) is 5. The van der Waals surface area contributed by atoms with E-state index < -0.39 is 17.2 Å². The van der Waals surface area contributed by atoms with Crippen molar-refractivity contribution >= 4 is 34.4 Å². The van der Waals surface area contributed by atoms with Crippen LogP contribution in [0.3, 0.4) is 0 Å². The number of nitrogen functional groups attached to an aromatic ring is 1. The van der Waals surface area contributed by atoms with E-state index in [0.717, 1.165) is 28.5 Å². The number of H-pyrrole nitrogens is 1. The predicted octanol–water partition coefficient (Wildman–Crippen LogP) is 3.71. The normalized spacial score (nSPS) is 11.2. The third-order valence-electron chi connectivity index (χ3n) is 5.74. The van der Waals surface area contributed by atoms with Gasteiger partial charge in [0.2, 0.25) is 0 Å². The molecule has 0 unspecified atom stereocenters. The molecule has 0 fully saturated rings. The molecule has 2 aromatic heterocycles. The van der Waals surface area contributed by atoms with E-state index in [0.29, 0.717) is 13.0 Å². The number of anilines is 2. The maximum Gasteiger partial charge on any atom is 0.330 e. The van der Waals surface area contributed by atoms with Gasteiger partial charge in [-0.25, -0.2) is 4.79 Å². The molecule has 2 aromatic carbocycles. The van der Waals surface area contributed by atoms with Gasteiger partial charge in [-0.3, -0.25) is 29.0 Å². The summed E-state index contributed by atoms with van der Waals surface area (Å²) in [6, 6.07) is 18.8. The fourth-order valence-electron chi connectivity index (χ4n) is 3.92. The molecular weight excluding hydrogens is 442 g/mol. The van der Waals surface area contributed by atoms with Gasteiger partial charge in [-0.15, -0.1) is 0 Å². The van der Waals surface area contributed by atoms with E-state index in [1.54, 1.807) is 12.3 Å². The summed E-state index contributed by atoms with van der Waals surface area (Å²) in [5.41, 5.74) is 7.32. The van der Waals surface area contributed by atoms with Gasteiger partial charge in [0.25, 0.3) is 11.5 Å². The molecule has 35 heavy (non-hydrogen) atoms. The summed E-state index contributed by atoms with van der Waals surface area (Å²) in [7, 11) is 0. The molecule has 0 aliphatic carbocycles. The van der Waals surface area contributed by atoms with Crippen LogP contribution in [0.1, 0.15) is 30.9 Å². The van der Waals surface area contributed by atoms with Gasteiger partial charge in [0, 0.05) is 29.8 Å². The lowest BCUT2D eigenvalue weighted by atomic mass is 10.1. The van der Waals surface area contributed by atoms with Crippen molar-refractivity contribution in [2.75, 3.05) is 10.6 Å². The van der Waals surface area contributed by atoms with Gasteiger partial charge in [0.05, 0.1) is 12.1 Å². The quantitative estimate of drug-likeness (QED) is 0.382. The topological polar surface area (TPSA) is 114 Å². The number of unbranched alkanes of at least 4 members (excludes halogenated alkanes) is 1. The highest BCUT2D eigenvalue weighted by molar-refractivity contribution is 6.06. The second-order valence-corrected chi connectivity index (χ2v) is 8.16. The van der Waals surface area contributed by atoms with Gasteiger partial charge in [0.1, 0.15) is 5.82 Å². The molecule has 1 amide bonds. The summed E-state index contributed by atoms with van der Waals surface area (Å²) < 4.78 is 1.31. The van der Waals surface area contributed by atoms with Crippen molar-refractivity contribution in [2.24, 2.45) is 0 Å². The number of nitrogens with zero attached hydrogens (tertiary/aromatic N) is 3. The first-order valence-electron chi connectivity index (χ1n) is 11.5. The fraction of sp³-hybridized carbons (Fsp3) is 0.185. The van der Waals surface area contributed by atoms with Crippen LogP contribution in [-0.4, -0.2) is 20.4 Å². The van der Waals surface area contributed by atoms with Crippen LogP contribution in [0.2, 0.25) is 0 Å². The SMILES string of the molecule is CCCCn1c(N)c(N(Cc2ccccc2)C(=O)/C=C/c2cccc3cccnc23)c(=O)[nH]c1=O. The lowest BCUT2D eigenvalue weighted by Gasteiger charge is -2.23. The molecule has 0 aliphatic heterocycles. The number of benzene rings is 2. The number of nitrogens with one attached hydrogen (secondary N) is 1. The second kappa shape index (κ2) is 10.6. The van der Waals surface area contributed by atoms with Crippen LogP contribution in [0.4, 0.5) is 11.5 Å². The summed E-state index contributed by atoms with van der Waals surface area (Å²) in [4.78, 5) is 46.8. The van der Waals surface area contributed by atoms with Crippen molar-refractivity contribution < 1.29 is 4.79 Å². The summed E-state index contributed by atoms with van der Waals surface area (Å²) >= 11 is 0. The fourth-order valence-corrected chi connectivity index (χ4v) is 3.92. The van der Waals surface area contributed by atoms with Crippen molar-refractivity contribution in [2.45, 2.75) is 32.9 Å². The summed E-state index contributed by atoms with van der Waals surface area (Å²) in [6.45, 7) is 2.44. The molecule has 0 radical (unpaired) electrons. The van der Waals surface area contributed by atoms with Gasteiger partial charge in [-0.1, -0.05) is 67.9 Å². The molecule has 178 valence electrons. The summed E-state index contributed by atoms with van der Waals surface area (Å²) in [5, 5.41) is 0.951. The number of para-hydroxylation sites is 1. The minimum absolute atomic E-state index is 0.0308. The van der Waals surface area contributed by atoms with Crippen molar-refractivity contribution in [3.63, 3.8) is 0 Å². The Balaban J connectivity index is 1.78. The van der Waals surface area contributed by atoms with Gasteiger partial charge >= 0.3 is 5.69 Å². The number of pyridine rings is 1. The monoisotopic (exact) mass is 469 g/mol. The number of rotatable bonds is 8. The van der Waals surface area contributed by atoms with Crippen LogP contribution in [0, 0.1) is 0 Å². The highest BCUT2D eigenvalue weighted by Gasteiger charge is 2.23. The Morgan fingerprint density at radius 2 is 1.86 bits per heavy atom. The molecule has 0 saturated heterocycles. The van der Waals surface area contributed by atoms with Crippen molar-refractivity contribution in [1.82, 2.24) is 14.5 Å². The zero-order valence-corrected chi connectivity index (χ0v) is 19.5. The van der Waals surface area contributed by atoms with Crippen LogP contribution < -0.4 is 21.9 Å². The van der Waals surface area contributed by atoms with Crippen LogP contribution in [0.15, 0.2) is 82.5 Å². The Morgan fingerprint density at radius 1 is 1.09 bits per heavy atom. The third-order valence-corrected chi connectivity index (χ3v) is 5.74. The minimum atomic E-state index is -0.704. The molecule has 0 aliphatic rings. The molecule has 0 saturated carbocycles. The van der Waals surface area contributed by atoms with E-state index in [1.807, 2.05) is 67.6 Å². The molecule has 2 heterocycles. The molecule has 4 aromatic rings. The van der Waals surface area contributed by atoms with Crippen LogP contribution in [-0.2, 0) is 17.9 Å². The lowest BCUT2D eigenvalue weighted by molar-refractivity contribution is -0.114. The molecule has 0 spiro atoms. The first-order chi connectivity index (χ1) is 17.0. The molecular formula is C27H27N5O3. The van der Waals surface area contributed by atoms with E-state index in [9.17, 15) is 14.4 Å². The molecule has 3 N–H and O–H groups in total. The third kappa shape index (κ3) is 5.22. The highest BCUT2D eigenvalue weighted by Crippen LogP contribution is 2.22. The summed E-state index contributed by atoms with van der Waals surface area (Å²) in [6.07, 6.45) is 6.31. The van der Waals surface area contributed by atoms with Crippen molar-refractivity contribution in [3.05, 3.63) is 105 Å². The number of nitrogens with two attached hydrogens (primary N) is 1. The summed E-state index contributed by atoms with van der Waals surface area (Å²) in [5.74, 6) is -0.476. The van der Waals surface area contributed by atoms with E-state index in [-0.39, 0.29) is 18.1 Å². The van der Waals surface area contributed by atoms with Gasteiger partial charge in [0.15, 0.2) is 5.69 Å². The standard InChI is InChI=1S/C27H27N5O3/c1-2-3-17-31-25(28)24(26(34)30-27(31)35)32(18-19-9-5-4-6-10-19)22(33)15-14-21-12-7-11-20-13-8-16-29-23(20)21/h4-16H,2-3,17-18,28H2,1H3,(H,30,34,35)/b15-14+. The smallest absolute Gasteiger partial charge is 0.330 e. The largest absolute Gasteiger partial charge is 0.383 e. The van der Waals surface area contributed by atoms with Gasteiger partial charge < -0.3 is 5.73 Å². The molecule has 8 nitrogen and oxygen atoms in total. The molecule has 4 rings (SSSR count). The number of aromatic amines is 1. The molecule has 0 atom stereocenters. The van der Waals surface area contributed by atoms with Crippen molar-refractivity contribution in [1.29, 1.82) is 0 Å². The first kappa shape index (κ1) is 23.7. The van der Waals surface area contributed by atoms with E-state index >= 15 is 0 Å². The minimum Gasteiger partial charge on any atom is -0.383 e. The van der Waals surface area contributed by atoms with Gasteiger partial charge in [-0.2, -0.15) is 0 Å². The Morgan fingerprint density at radius 3 is 2.63 bits per heavy atom. The van der Waals surface area contributed by atoms with Crippen LogP contribution in [0.25, 0.3) is 17.0 Å².